The summed E-state index contributed by atoms with van der Waals surface area (Å²) in [6, 6.07) is 6.26. The van der Waals surface area contributed by atoms with Gasteiger partial charge in [-0.3, -0.25) is 0 Å². The molecule has 0 amide bonds. The van der Waals surface area contributed by atoms with Gasteiger partial charge >= 0.3 is 0 Å². The van der Waals surface area contributed by atoms with Crippen molar-refractivity contribution in [1.82, 2.24) is 4.90 Å². The zero-order valence-electron chi connectivity index (χ0n) is 9.74. The van der Waals surface area contributed by atoms with Gasteiger partial charge in [-0.2, -0.15) is 0 Å². The molecule has 1 aromatic carbocycles. The highest BCUT2D eigenvalue weighted by Gasteiger charge is 2.14. The molecule has 1 heterocycles. The van der Waals surface area contributed by atoms with E-state index in [1.165, 1.54) is 5.69 Å². The van der Waals surface area contributed by atoms with Crippen LogP contribution in [-0.4, -0.2) is 45.2 Å². The lowest BCUT2D eigenvalue weighted by atomic mass is 10.2. The Balaban J connectivity index is 2.12. The van der Waals surface area contributed by atoms with Crippen molar-refractivity contribution in [3.63, 3.8) is 0 Å². The Bertz CT molecular complexity index is 362. The van der Waals surface area contributed by atoms with E-state index in [-0.39, 0.29) is 0 Å². The largest absolute Gasteiger partial charge is 0.496 e. The molecular formula is C12H17BrN2O. The normalized spacial score (nSPS) is 17.6. The Kier molecular flexibility index (Phi) is 3.71. The van der Waals surface area contributed by atoms with E-state index >= 15 is 0 Å². The molecule has 0 aromatic heterocycles. The fraction of sp³-hybridized carbons (Fsp3) is 0.500. The summed E-state index contributed by atoms with van der Waals surface area (Å²) < 4.78 is 6.25. The van der Waals surface area contributed by atoms with Gasteiger partial charge < -0.3 is 14.5 Å². The molecule has 1 fully saturated rings. The summed E-state index contributed by atoms with van der Waals surface area (Å²) in [5, 5.41) is 0. The number of piperazine rings is 1. The molecular weight excluding hydrogens is 268 g/mol. The van der Waals surface area contributed by atoms with Crippen LogP contribution in [0.4, 0.5) is 5.69 Å². The van der Waals surface area contributed by atoms with Crippen molar-refractivity contribution in [3.05, 3.63) is 22.7 Å². The highest BCUT2D eigenvalue weighted by Crippen LogP contribution is 2.29. The van der Waals surface area contributed by atoms with Gasteiger partial charge in [0.2, 0.25) is 0 Å². The summed E-state index contributed by atoms with van der Waals surface area (Å²) in [4.78, 5) is 4.76. The zero-order valence-corrected chi connectivity index (χ0v) is 11.3. The van der Waals surface area contributed by atoms with Gasteiger partial charge in [-0.25, -0.2) is 0 Å². The SMILES string of the molecule is COc1ccc(N2CCN(C)CC2)cc1Br. The first-order chi connectivity index (χ1) is 7.70. The quantitative estimate of drug-likeness (QED) is 0.828. The molecule has 0 aliphatic carbocycles. The van der Waals surface area contributed by atoms with Crippen LogP contribution in [0.2, 0.25) is 0 Å². The third kappa shape index (κ3) is 2.50. The average molecular weight is 285 g/mol. The number of benzene rings is 1. The minimum Gasteiger partial charge on any atom is -0.496 e. The number of ether oxygens (including phenoxy) is 1. The first kappa shape index (κ1) is 11.7. The second-order valence-corrected chi connectivity index (χ2v) is 4.96. The molecule has 16 heavy (non-hydrogen) atoms. The smallest absolute Gasteiger partial charge is 0.133 e. The van der Waals surface area contributed by atoms with Gasteiger partial charge in [0.15, 0.2) is 0 Å². The maximum Gasteiger partial charge on any atom is 0.133 e. The van der Waals surface area contributed by atoms with Crippen LogP contribution in [-0.2, 0) is 0 Å². The van der Waals surface area contributed by atoms with Crippen molar-refractivity contribution >= 4 is 21.6 Å². The van der Waals surface area contributed by atoms with Crippen LogP contribution < -0.4 is 9.64 Å². The predicted octanol–water partition coefficient (Wildman–Crippen LogP) is 2.21. The van der Waals surface area contributed by atoms with Crippen molar-refractivity contribution < 1.29 is 4.74 Å². The van der Waals surface area contributed by atoms with Crippen LogP contribution >= 0.6 is 15.9 Å². The number of methoxy groups -OCH3 is 1. The van der Waals surface area contributed by atoms with Crippen molar-refractivity contribution in [2.45, 2.75) is 0 Å². The summed E-state index contributed by atoms with van der Waals surface area (Å²) in [5.41, 5.74) is 1.26. The minimum atomic E-state index is 0.887. The van der Waals surface area contributed by atoms with Crippen LogP contribution in [0.25, 0.3) is 0 Å². The molecule has 3 nitrogen and oxygen atoms in total. The molecule has 0 atom stereocenters. The van der Waals surface area contributed by atoms with Gasteiger partial charge in [0.1, 0.15) is 5.75 Å². The third-order valence-electron chi connectivity index (χ3n) is 3.00. The zero-order chi connectivity index (χ0) is 11.5. The molecule has 1 aromatic rings. The van der Waals surface area contributed by atoms with E-state index in [0.717, 1.165) is 36.4 Å². The van der Waals surface area contributed by atoms with Crippen molar-refractivity contribution in [3.8, 4) is 5.75 Å². The molecule has 0 N–H and O–H groups in total. The summed E-state index contributed by atoms with van der Waals surface area (Å²) >= 11 is 3.52. The summed E-state index contributed by atoms with van der Waals surface area (Å²) in [6.07, 6.45) is 0. The van der Waals surface area contributed by atoms with Gasteiger partial charge in [0, 0.05) is 31.9 Å². The highest BCUT2D eigenvalue weighted by atomic mass is 79.9. The summed E-state index contributed by atoms with van der Waals surface area (Å²) in [5.74, 6) is 0.887. The second-order valence-electron chi connectivity index (χ2n) is 4.11. The number of hydrogen-bond acceptors (Lipinski definition) is 3. The number of anilines is 1. The monoisotopic (exact) mass is 284 g/mol. The van der Waals surface area contributed by atoms with Crippen LogP contribution in [0.1, 0.15) is 0 Å². The van der Waals surface area contributed by atoms with E-state index in [4.69, 9.17) is 4.74 Å². The third-order valence-corrected chi connectivity index (χ3v) is 3.62. The first-order valence-electron chi connectivity index (χ1n) is 5.48. The molecule has 1 aliphatic rings. The second kappa shape index (κ2) is 5.06. The number of likely N-dealkylation sites (N-methyl/N-ethyl adjacent to an activating group) is 1. The molecule has 2 rings (SSSR count). The lowest BCUT2D eigenvalue weighted by molar-refractivity contribution is 0.313. The van der Waals surface area contributed by atoms with Crippen LogP contribution in [0.3, 0.4) is 0 Å². The number of hydrogen-bond donors (Lipinski definition) is 0. The fourth-order valence-electron chi connectivity index (χ4n) is 1.92. The first-order valence-corrected chi connectivity index (χ1v) is 6.27. The topological polar surface area (TPSA) is 15.7 Å². The lowest BCUT2D eigenvalue weighted by Gasteiger charge is -2.34. The molecule has 1 saturated heterocycles. The van der Waals surface area contributed by atoms with E-state index in [2.05, 4.69) is 44.9 Å². The van der Waals surface area contributed by atoms with E-state index in [1.54, 1.807) is 7.11 Å². The Morgan fingerprint density at radius 2 is 1.88 bits per heavy atom. The molecule has 0 spiro atoms. The maximum absolute atomic E-state index is 5.23. The molecule has 0 radical (unpaired) electrons. The molecule has 1 aliphatic heterocycles. The van der Waals surface area contributed by atoms with Crippen molar-refractivity contribution in [2.24, 2.45) is 0 Å². The Hall–Kier alpha value is -0.740. The number of halogens is 1. The van der Waals surface area contributed by atoms with Crippen molar-refractivity contribution in [1.29, 1.82) is 0 Å². The average Bonchev–Trinajstić information content (AvgIpc) is 2.30. The van der Waals surface area contributed by atoms with Gasteiger partial charge in [0.25, 0.3) is 0 Å². The van der Waals surface area contributed by atoms with Crippen LogP contribution in [0.15, 0.2) is 22.7 Å². The highest BCUT2D eigenvalue weighted by molar-refractivity contribution is 9.10. The van der Waals surface area contributed by atoms with Crippen molar-refractivity contribution in [2.75, 3.05) is 45.2 Å². The number of rotatable bonds is 2. The van der Waals surface area contributed by atoms with Crippen LogP contribution in [0.5, 0.6) is 5.75 Å². The van der Waals surface area contributed by atoms with Gasteiger partial charge in [0.05, 0.1) is 11.6 Å². The summed E-state index contributed by atoms with van der Waals surface area (Å²) in [7, 11) is 3.86. The Labute approximate surface area is 105 Å². The maximum atomic E-state index is 5.23. The predicted molar refractivity (Wildman–Crippen MR) is 70.4 cm³/mol. The van der Waals surface area contributed by atoms with Gasteiger partial charge in [-0.1, -0.05) is 0 Å². The molecule has 88 valence electrons. The number of nitrogens with zero attached hydrogens (tertiary/aromatic N) is 2. The Morgan fingerprint density at radius 1 is 1.19 bits per heavy atom. The summed E-state index contributed by atoms with van der Waals surface area (Å²) in [6.45, 7) is 4.44. The van der Waals surface area contributed by atoms with Crippen LogP contribution in [0, 0.1) is 0 Å². The molecule has 4 heteroatoms. The van der Waals surface area contributed by atoms with E-state index in [0.29, 0.717) is 0 Å². The van der Waals surface area contributed by atoms with E-state index in [9.17, 15) is 0 Å². The van der Waals surface area contributed by atoms with E-state index < -0.39 is 0 Å². The van der Waals surface area contributed by atoms with E-state index in [1.807, 2.05) is 6.07 Å². The Morgan fingerprint density at radius 3 is 2.44 bits per heavy atom. The standard InChI is InChI=1S/C12H17BrN2O/c1-14-5-7-15(8-6-14)10-3-4-12(16-2)11(13)9-10/h3-4,9H,5-8H2,1-2H3. The molecule has 0 bridgehead atoms. The van der Waals surface area contributed by atoms with Gasteiger partial charge in [-0.05, 0) is 41.2 Å². The fourth-order valence-corrected chi connectivity index (χ4v) is 2.45. The molecule has 0 unspecified atom stereocenters. The van der Waals surface area contributed by atoms with Gasteiger partial charge in [-0.15, -0.1) is 0 Å². The lowest BCUT2D eigenvalue weighted by Crippen LogP contribution is -2.44. The molecule has 0 saturated carbocycles. The minimum absolute atomic E-state index is 0.887.